The summed E-state index contributed by atoms with van der Waals surface area (Å²) in [5.41, 5.74) is 3.47. The van der Waals surface area contributed by atoms with Crippen molar-refractivity contribution in [1.29, 1.82) is 0 Å². The molecule has 170 valence electrons. The molecule has 1 atom stereocenters. The van der Waals surface area contributed by atoms with Gasteiger partial charge in [0.25, 0.3) is 5.91 Å². The van der Waals surface area contributed by atoms with Crippen LogP contribution in [0, 0.1) is 0 Å². The minimum Gasteiger partial charge on any atom is -0.368 e. The Morgan fingerprint density at radius 3 is 1.88 bits per heavy atom. The van der Waals surface area contributed by atoms with Crippen molar-refractivity contribution in [1.82, 2.24) is 10.2 Å². The number of piperazine rings is 1. The van der Waals surface area contributed by atoms with E-state index < -0.39 is 6.04 Å². The smallest absolute Gasteiger partial charge is 0.251 e. The van der Waals surface area contributed by atoms with Crippen LogP contribution in [0.15, 0.2) is 48.5 Å². The van der Waals surface area contributed by atoms with Gasteiger partial charge in [-0.25, -0.2) is 0 Å². The van der Waals surface area contributed by atoms with Gasteiger partial charge in [-0.3, -0.25) is 14.4 Å². The van der Waals surface area contributed by atoms with Crippen molar-refractivity contribution in [3.8, 4) is 0 Å². The molecule has 1 aliphatic rings. The van der Waals surface area contributed by atoms with Crippen molar-refractivity contribution in [2.24, 2.45) is 0 Å². The van der Waals surface area contributed by atoms with E-state index in [0.717, 1.165) is 11.3 Å². The van der Waals surface area contributed by atoms with Crippen LogP contribution in [0.4, 0.5) is 5.69 Å². The largest absolute Gasteiger partial charge is 0.368 e. The highest BCUT2D eigenvalue weighted by Crippen LogP contribution is 2.22. The second-order valence-electron chi connectivity index (χ2n) is 9.44. The lowest BCUT2D eigenvalue weighted by molar-refractivity contribution is -0.133. The van der Waals surface area contributed by atoms with Gasteiger partial charge < -0.3 is 15.1 Å². The molecule has 0 unspecified atom stereocenters. The number of hydrogen-bond donors (Lipinski definition) is 1. The van der Waals surface area contributed by atoms with Crippen molar-refractivity contribution in [3.05, 3.63) is 65.2 Å². The van der Waals surface area contributed by atoms with Gasteiger partial charge in [-0.05, 0) is 61.2 Å². The van der Waals surface area contributed by atoms with E-state index in [1.807, 2.05) is 48.5 Å². The Hall–Kier alpha value is -3.15. The lowest BCUT2D eigenvalue weighted by atomic mass is 9.86. The molecule has 0 radical (unpaired) electrons. The summed E-state index contributed by atoms with van der Waals surface area (Å²) in [4.78, 5) is 40.9. The first-order valence-corrected chi connectivity index (χ1v) is 11.1. The summed E-state index contributed by atoms with van der Waals surface area (Å²) in [7, 11) is 0. The predicted molar refractivity (Wildman–Crippen MR) is 127 cm³/mol. The third kappa shape index (κ3) is 5.55. The lowest BCUT2D eigenvalue weighted by Crippen LogP contribution is -2.54. The van der Waals surface area contributed by atoms with Crippen LogP contribution in [-0.4, -0.2) is 54.7 Å². The predicted octanol–water partition coefficient (Wildman–Crippen LogP) is 3.65. The highest BCUT2D eigenvalue weighted by molar-refractivity contribution is 5.97. The second kappa shape index (κ2) is 9.55. The molecule has 1 N–H and O–H groups in total. The zero-order valence-corrected chi connectivity index (χ0v) is 19.6. The molecule has 1 saturated heterocycles. The number of Topliss-reactive ketones (excluding diaryl/α,β-unsaturated/α-hetero) is 1. The van der Waals surface area contributed by atoms with Crippen LogP contribution >= 0.6 is 0 Å². The molecule has 32 heavy (non-hydrogen) atoms. The normalized spacial score (nSPS) is 15.3. The molecule has 0 saturated carbocycles. The molecule has 2 aromatic carbocycles. The maximum Gasteiger partial charge on any atom is 0.251 e. The third-order valence-corrected chi connectivity index (χ3v) is 5.96. The van der Waals surface area contributed by atoms with Gasteiger partial charge in [-0.15, -0.1) is 0 Å². The molecule has 6 nitrogen and oxygen atoms in total. The van der Waals surface area contributed by atoms with Crippen molar-refractivity contribution in [2.75, 3.05) is 31.1 Å². The Balaban J connectivity index is 1.53. The zero-order valence-electron chi connectivity index (χ0n) is 19.6. The van der Waals surface area contributed by atoms with Crippen molar-refractivity contribution >= 4 is 23.3 Å². The molecule has 2 amide bonds. The topological polar surface area (TPSA) is 69.7 Å². The average Bonchev–Trinajstić information content (AvgIpc) is 2.78. The number of benzene rings is 2. The number of nitrogens with zero attached hydrogens (tertiary/aromatic N) is 2. The van der Waals surface area contributed by atoms with Gasteiger partial charge in [0.2, 0.25) is 5.91 Å². The Labute approximate surface area is 190 Å². The monoisotopic (exact) mass is 435 g/mol. The lowest BCUT2D eigenvalue weighted by Gasteiger charge is -2.37. The Kier molecular flexibility index (Phi) is 7.02. The molecule has 1 aliphatic heterocycles. The van der Waals surface area contributed by atoms with Gasteiger partial charge in [-0.2, -0.15) is 0 Å². The fourth-order valence-corrected chi connectivity index (χ4v) is 3.83. The van der Waals surface area contributed by atoms with Crippen molar-refractivity contribution in [3.63, 3.8) is 0 Å². The summed E-state index contributed by atoms with van der Waals surface area (Å²) in [5, 5.41) is 2.84. The van der Waals surface area contributed by atoms with Crippen LogP contribution in [0.1, 0.15) is 60.9 Å². The van der Waals surface area contributed by atoms with E-state index in [-0.39, 0.29) is 23.0 Å². The summed E-state index contributed by atoms with van der Waals surface area (Å²) < 4.78 is 0. The molecular formula is C26H33N3O3. The molecule has 1 fully saturated rings. The van der Waals surface area contributed by atoms with Gasteiger partial charge >= 0.3 is 0 Å². The molecule has 2 aromatic rings. The summed E-state index contributed by atoms with van der Waals surface area (Å²) in [6.45, 7) is 12.3. The van der Waals surface area contributed by atoms with E-state index in [2.05, 4.69) is 31.0 Å². The number of hydrogen-bond acceptors (Lipinski definition) is 4. The van der Waals surface area contributed by atoms with Crippen LogP contribution in [-0.2, 0) is 10.2 Å². The zero-order chi connectivity index (χ0) is 23.5. The maximum absolute atomic E-state index is 12.9. The van der Waals surface area contributed by atoms with E-state index in [1.165, 1.54) is 0 Å². The number of amides is 2. The average molecular weight is 436 g/mol. The Morgan fingerprint density at radius 2 is 1.38 bits per heavy atom. The first kappa shape index (κ1) is 23.5. The SMILES string of the molecule is CC(=O)c1ccc(N2CCN(C(=O)[C@H](C)NC(=O)c3ccc(C(C)(C)C)cc3)CC2)cc1. The van der Waals surface area contributed by atoms with Gasteiger partial charge in [0.1, 0.15) is 6.04 Å². The van der Waals surface area contributed by atoms with E-state index >= 15 is 0 Å². The van der Waals surface area contributed by atoms with Gasteiger partial charge in [0.15, 0.2) is 5.78 Å². The van der Waals surface area contributed by atoms with Crippen molar-refractivity contribution in [2.45, 2.75) is 46.1 Å². The first-order chi connectivity index (χ1) is 15.1. The highest BCUT2D eigenvalue weighted by atomic mass is 16.2. The second-order valence-corrected chi connectivity index (χ2v) is 9.44. The minimum atomic E-state index is -0.591. The highest BCUT2D eigenvalue weighted by Gasteiger charge is 2.26. The van der Waals surface area contributed by atoms with E-state index in [9.17, 15) is 14.4 Å². The minimum absolute atomic E-state index is 0.0237. The fraction of sp³-hybridized carbons (Fsp3) is 0.423. The molecule has 1 heterocycles. The van der Waals surface area contributed by atoms with E-state index in [4.69, 9.17) is 0 Å². The van der Waals surface area contributed by atoms with Gasteiger partial charge in [0.05, 0.1) is 0 Å². The van der Waals surface area contributed by atoms with Crippen LogP contribution in [0.2, 0.25) is 0 Å². The van der Waals surface area contributed by atoms with E-state index in [1.54, 1.807) is 18.7 Å². The van der Waals surface area contributed by atoms with E-state index in [0.29, 0.717) is 37.3 Å². The van der Waals surface area contributed by atoms with Crippen LogP contribution in [0.25, 0.3) is 0 Å². The number of carbonyl (C=O) groups excluding carboxylic acids is 3. The standard InChI is InChI=1S/C26H33N3O3/c1-18(27-24(31)21-6-10-22(11-7-21)26(3,4)5)25(32)29-16-14-28(15-17-29)23-12-8-20(9-13-23)19(2)30/h6-13,18H,14-17H2,1-5H3,(H,27,31)/t18-/m0/s1. The first-order valence-electron chi connectivity index (χ1n) is 11.1. The molecule has 0 aliphatic carbocycles. The summed E-state index contributed by atoms with van der Waals surface area (Å²) in [6.07, 6.45) is 0. The van der Waals surface area contributed by atoms with Crippen LogP contribution in [0.5, 0.6) is 0 Å². The number of nitrogens with one attached hydrogen (secondary N) is 1. The molecular weight excluding hydrogens is 402 g/mol. The summed E-state index contributed by atoms with van der Waals surface area (Å²) in [5.74, 6) is -0.264. The summed E-state index contributed by atoms with van der Waals surface area (Å²) >= 11 is 0. The Morgan fingerprint density at radius 1 is 0.844 bits per heavy atom. The quantitative estimate of drug-likeness (QED) is 0.728. The van der Waals surface area contributed by atoms with Gasteiger partial charge in [-0.1, -0.05) is 32.9 Å². The number of rotatable bonds is 5. The summed E-state index contributed by atoms with van der Waals surface area (Å²) in [6, 6.07) is 14.5. The molecule has 0 bridgehead atoms. The van der Waals surface area contributed by atoms with Crippen LogP contribution in [0.3, 0.4) is 0 Å². The fourth-order valence-electron chi connectivity index (χ4n) is 3.83. The van der Waals surface area contributed by atoms with Crippen molar-refractivity contribution < 1.29 is 14.4 Å². The van der Waals surface area contributed by atoms with Crippen LogP contribution < -0.4 is 10.2 Å². The Bertz CT molecular complexity index is 967. The molecule has 6 heteroatoms. The molecule has 0 aromatic heterocycles. The third-order valence-electron chi connectivity index (χ3n) is 5.96. The number of ketones is 1. The number of carbonyl (C=O) groups is 3. The number of anilines is 1. The maximum atomic E-state index is 12.9. The molecule has 3 rings (SSSR count). The van der Waals surface area contributed by atoms with Gasteiger partial charge in [0, 0.05) is 43.0 Å². The molecule has 0 spiro atoms.